The van der Waals surface area contributed by atoms with Crippen LogP contribution in [0, 0.1) is 5.92 Å². The van der Waals surface area contributed by atoms with Crippen molar-refractivity contribution < 1.29 is 80.2 Å². The third kappa shape index (κ3) is 83.8. The Labute approximate surface area is 670 Å². The van der Waals surface area contributed by atoms with Crippen molar-refractivity contribution in [3.8, 4) is 0 Å². The highest BCUT2D eigenvalue weighted by Crippen LogP contribution is 2.45. The molecule has 17 nitrogen and oxygen atoms in total. The zero-order valence-electron chi connectivity index (χ0n) is 71.7. The molecular formula is C90H176O17P2. The first-order valence-electron chi connectivity index (χ1n) is 46.6. The van der Waals surface area contributed by atoms with Crippen LogP contribution in [0.4, 0.5) is 0 Å². The SMILES string of the molecule is CCCCCCCCCCCCCCCCCCCCCCCC(=O)OC[C@H](COP(=O)(O)OC[C@@H](O)COP(=O)(O)OC[C@@H](COC(=O)CCCCCCCCCC)OC(=O)CCCCCCCCCCCCCCCCCCC(C)C)OC(=O)CCCCCCCCCCCCCCCCCCCCCCC. The van der Waals surface area contributed by atoms with Crippen LogP contribution in [-0.2, 0) is 65.4 Å². The van der Waals surface area contributed by atoms with E-state index in [1.165, 1.54) is 315 Å². The van der Waals surface area contributed by atoms with Crippen molar-refractivity contribution in [2.75, 3.05) is 39.6 Å². The van der Waals surface area contributed by atoms with E-state index in [4.69, 9.17) is 37.0 Å². The van der Waals surface area contributed by atoms with E-state index < -0.39 is 97.5 Å². The predicted molar refractivity (Wildman–Crippen MR) is 451 cm³/mol. The summed E-state index contributed by atoms with van der Waals surface area (Å²) in [5.41, 5.74) is 0. The summed E-state index contributed by atoms with van der Waals surface area (Å²) in [7, 11) is -9.93. The van der Waals surface area contributed by atoms with Crippen LogP contribution in [-0.4, -0.2) is 96.7 Å². The molecule has 0 aliphatic heterocycles. The van der Waals surface area contributed by atoms with Crippen molar-refractivity contribution >= 4 is 39.5 Å². The molecule has 0 aromatic heterocycles. The van der Waals surface area contributed by atoms with Crippen LogP contribution in [0.2, 0.25) is 0 Å². The molecule has 0 radical (unpaired) electrons. The number of esters is 4. The van der Waals surface area contributed by atoms with Gasteiger partial charge >= 0.3 is 39.5 Å². The highest BCUT2D eigenvalue weighted by atomic mass is 31.2. The van der Waals surface area contributed by atoms with Crippen molar-refractivity contribution in [3.63, 3.8) is 0 Å². The van der Waals surface area contributed by atoms with Gasteiger partial charge in [0.2, 0.25) is 0 Å². The first kappa shape index (κ1) is 107. The quantitative estimate of drug-likeness (QED) is 0.0222. The lowest BCUT2D eigenvalue weighted by molar-refractivity contribution is -0.161. The number of phosphoric acid groups is 2. The Balaban J connectivity index is 5.17. The highest BCUT2D eigenvalue weighted by Gasteiger charge is 2.31. The average molecular weight is 1590 g/mol. The lowest BCUT2D eigenvalue weighted by Crippen LogP contribution is -2.30. The van der Waals surface area contributed by atoms with E-state index in [2.05, 4.69) is 34.6 Å². The normalized spacial score (nSPS) is 13.7. The van der Waals surface area contributed by atoms with Crippen molar-refractivity contribution in [2.45, 2.75) is 509 Å². The monoisotopic (exact) mass is 1590 g/mol. The molecule has 3 N–H and O–H groups in total. The number of rotatable bonds is 90. The zero-order valence-corrected chi connectivity index (χ0v) is 73.5. The lowest BCUT2D eigenvalue weighted by atomic mass is 10.0. The van der Waals surface area contributed by atoms with Gasteiger partial charge in [0.05, 0.1) is 26.4 Å². The molecule has 0 aromatic carbocycles. The predicted octanol–water partition coefficient (Wildman–Crippen LogP) is 27.9. The van der Waals surface area contributed by atoms with Crippen molar-refractivity contribution in [2.24, 2.45) is 5.92 Å². The first-order chi connectivity index (χ1) is 53.0. The third-order valence-corrected chi connectivity index (χ3v) is 23.2. The molecule has 0 aliphatic rings. The van der Waals surface area contributed by atoms with Gasteiger partial charge in [-0.15, -0.1) is 0 Å². The first-order valence-corrected chi connectivity index (χ1v) is 49.6. The van der Waals surface area contributed by atoms with Crippen molar-refractivity contribution in [3.05, 3.63) is 0 Å². The topological polar surface area (TPSA) is 237 Å². The van der Waals surface area contributed by atoms with Crippen molar-refractivity contribution in [1.29, 1.82) is 0 Å². The third-order valence-electron chi connectivity index (χ3n) is 21.3. The molecule has 5 atom stereocenters. The van der Waals surface area contributed by atoms with Crippen LogP contribution in [0.25, 0.3) is 0 Å². The summed E-state index contributed by atoms with van der Waals surface area (Å²) in [6, 6.07) is 0. The Kier molecular flexibility index (Phi) is 81.1. The van der Waals surface area contributed by atoms with E-state index in [1.54, 1.807) is 0 Å². The van der Waals surface area contributed by atoms with Crippen LogP contribution < -0.4 is 0 Å². The second-order valence-corrected chi connectivity index (χ2v) is 35.7. The van der Waals surface area contributed by atoms with Gasteiger partial charge in [-0.05, 0) is 31.6 Å². The van der Waals surface area contributed by atoms with Crippen molar-refractivity contribution in [1.82, 2.24) is 0 Å². The molecule has 0 aromatic rings. The summed E-state index contributed by atoms with van der Waals surface area (Å²) in [5.74, 6) is -1.29. The minimum absolute atomic E-state index is 0.108. The number of unbranched alkanes of at least 4 members (excludes halogenated alkanes) is 62. The molecule has 0 bridgehead atoms. The van der Waals surface area contributed by atoms with E-state index >= 15 is 0 Å². The van der Waals surface area contributed by atoms with Gasteiger partial charge in [-0.2, -0.15) is 0 Å². The van der Waals surface area contributed by atoms with Gasteiger partial charge in [-0.1, -0.05) is 439 Å². The molecular weight excluding hydrogens is 1410 g/mol. The molecule has 19 heteroatoms. The average Bonchev–Trinajstić information content (AvgIpc) is 0.899. The maximum Gasteiger partial charge on any atom is 0.472 e. The minimum atomic E-state index is -4.97. The Morgan fingerprint density at radius 2 is 0.422 bits per heavy atom. The number of ether oxygens (including phenoxy) is 4. The number of aliphatic hydroxyl groups excluding tert-OH is 1. The van der Waals surface area contributed by atoms with Gasteiger partial charge in [-0.25, -0.2) is 9.13 Å². The second-order valence-electron chi connectivity index (χ2n) is 32.8. The number of aliphatic hydroxyl groups is 1. The number of hydrogen-bond acceptors (Lipinski definition) is 15. The fraction of sp³-hybridized carbons (Fsp3) is 0.956. The zero-order chi connectivity index (χ0) is 79.7. The number of carbonyl (C=O) groups excluding carboxylic acids is 4. The summed E-state index contributed by atoms with van der Waals surface area (Å²) in [6.45, 7) is 7.38. The summed E-state index contributed by atoms with van der Waals surface area (Å²) < 4.78 is 68.9. The fourth-order valence-corrected chi connectivity index (χ4v) is 15.8. The van der Waals surface area contributed by atoms with Gasteiger partial charge in [0.15, 0.2) is 12.2 Å². The highest BCUT2D eigenvalue weighted by molar-refractivity contribution is 7.47. The molecule has 0 saturated heterocycles. The molecule has 0 amide bonds. The second kappa shape index (κ2) is 82.6. The summed E-state index contributed by atoms with van der Waals surface area (Å²) in [4.78, 5) is 73.2. The number of hydrogen-bond donors (Lipinski definition) is 3. The summed E-state index contributed by atoms with van der Waals surface area (Å²) in [5, 5.41) is 10.7. The lowest BCUT2D eigenvalue weighted by Gasteiger charge is -2.21. The minimum Gasteiger partial charge on any atom is -0.462 e. The fourth-order valence-electron chi connectivity index (χ4n) is 14.2. The van der Waals surface area contributed by atoms with E-state index in [0.29, 0.717) is 25.7 Å². The smallest absolute Gasteiger partial charge is 0.462 e. The van der Waals surface area contributed by atoms with Crippen LogP contribution in [0.1, 0.15) is 490 Å². The van der Waals surface area contributed by atoms with Gasteiger partial charge < -0.3 is 33.8 Å². The molecule has 0 aliphatic carbocycles. The molecule has 109 heavy (non-hydrogen) atoms. The maximum atomic E-state index is 13.2. The molecule has 648 valence electrons. The van der Waals surface area contributed by atoms with Crippen LogP contribution in [0.3, 0.4) is 0 Å². The standard InChI is InChI=1S/C90H176O17P2/c1-6-9-12-15-18-21-23-25-27-29-31-33-35-37-42-46-50-54-59-64-69-74-88(93)101-80-86(107-90(95)76-70-65-60-55-51-47-43-38-36-34-32-30-28-26-24-22-19-16-13-10-7-2)82-105-109(98,99)103-78-84(91)77-102-108(96,97)104-81-85(79-100-87(92)73-68-63-58-20-17-14-11-8-3)106-89(94)75-71-66-61-56-52-48-44-40-39-41-45-49-53-57-62-67-72-83(4)5/h83-86,91H,6-82H2,1-5H3,(H,96,97)(H,98,99)/t84-,85+,86+/m0/s1. The molecule has 0 spiro atoms. The van der Waals surface area contributed by atoms with Gasteiger partial charge in [-0.3, -0.25) is 37.3 Å². The van der Waals surface area contributed by atoms with Gasteiger partial charge in [0, 0.05) is 25.7 Å². The molecule has 2 unspecified atom stereocenters. The van der Waals surface area contributed by atoms with Crippen LogP contribution >= 0.6 is 15.6 Å². The van der Waals surface area contributed by atoms with E-state index in [0.717, 1.165) is 95.8 Å². The van der Waals surface area contributed by atoms with E-state index in [9.17, 15) is 43.2 Å². The molecule has 0 rings (SSSR count). The Bertz CT molecular complexity index is 2070. The Hall–Kier alpha value is -1.94. The molecule has 0 fully saturated rings. The largest absolute Gasteiger partial charge is 0.472 e. The summed E-state index contributed by atoms with van der Waals surface area (Å²) >= 11 is 0. The number of phosphoric ester groups is 2. The number of carbonyl (C=O) groups is 4. The van der Waals surface area contributed by atoms with Gasteiger partial charge in [0.25, 0.3) is 0 Å². The van der Waals surface area contributed by atoms with Crippen LogP contribution in [0.15, 0.2) is 0 Å². The van der Waals surface area contributed by atoms with E-state index in [1.807, 2.05) is 0 Å². The molecule has 0 heterocycles. The van der Waals surface area contributed by atoms with Crippen LogP contribution in [0.5, 0.6) is 0 Å². The Morgan fingerprint density at radius 3 is 0.624 bits per heavy atom. The van der Waals surface area contributed by atoms with E-state index in [-0.39, 0.29) is 25.7 Å². The molecule has 0 saturated carbocycles. The van der Waals surface area contributed by atoms with Gasteiger partial charge in [0.1, 0.15) is 19.3 Å². The summed E-state index contributed by atoms with van der Waals surface area (Å²) in [6.07, 6.45) is 78.1. The maximum absolute atomic E-state index is 13.2. The Morgan fingerprint density at radius 1 is 0.248 bits per heavy atom.